The molecular formula is C11H20N2O. The summed E-state index contributed by atoms with van der Waals surface area (Å²) in [6.45, 7) is 5.04. The maximum Gasteiger partial charge on any atom is 0.317 e. The van der Waals surface area contributed by atoms with Crippen molar-refractivity contribution in [2.45, 2.75) is 39.0 Å². The predicted octanol–water partition coefficient (Wildman–Crippen LogP) is 1.98. The number of nitrogens with one attached hydrogen (secondary N) is 1. The van der Waals surface area contributed by atoms with Crippen LogP contribution < -0.4 is 5.32 Å². The van der Waals surface area contributed by atoms with Gasteiger partial charge < -0.3 is 10.2 Å². The molecule has 2 fully saturated rings. The van der Waals surface area contributed by atoms with Gasteiger partial charge in [-0.1, -0.05) is 13.3 Å². The SMILES string of the molecule is CCCC1(CN2CCCNC2=O)CC1. The molecule has 2 rings (SSSR count). The molecule has 1 saturated heterocycles. The zero-order valence-electron chi connectivity index (χ0n) is 9.01. The lowest BCUT2D eigenvalue weighted by Crippen LogP contribution is -2.48. The number of carbonyl (C=O) groups is 1. The average molecular weight is 196 g/mol. The fraction of sp³-hybridized carbons (Fsp3) is 0.909. The first kappa shape index (κ1) is 9.81. The third kappa shape index (κ3) is 2.02. The van der Waals surface area contributed by atoms with Gasteiger partial charge in [0, 0.05) is 19.6 Å². The van der Waals surface area contributed by atoms with E-state index in [9.17, 15) is 4.79 Å². The fourth-order valence-electron chi connectivity index (χ4n) is 2.43. The maximum atomic E-state index is 11.5. The lowest BCUT2D eigenvalue weighted by Gasteiger charge is -2.31. The third-order valence-electron chi connectivity index (χ3n) is 3.43. The zero-order chi connectivity index (χ0) is 10.0. The van der Waals surface area contributed by atoms with Gasteiger partial charge in [-0.05, 0) is 31.1 Å². The van der Waals surface area contributed by atoms with Crippen LogP contribution in [0.5, 0.6) is 0 Å². The topological polar surface area (TPSA) is 32.3 Å². The summed E-state index contributed by atoms with van der Waals surface area (Å²) in [6, 6.07) is 0.152. The normalized spacial score (nSPS) is 24.6. The van der Waals surface area contributed by atoms with E-state index in [1.54, 1.807) is 0 Å². The van der Waals surface area contributed by atoms with Crippen LogP contribution in [-0.2, 0) is 0 Å². The Morgan fingerprint density at radius 2 is 2.29 bits per heavy atom. The third-order valence-corrected chi connectivity index (χ3v) is 3.43. The van der Waals surface area contributed by atoms with Gasteiger partial charge in [0.1, 0.15) is 0 Å². The largest absolute Gasteiger partial charge is 0.338 e. The number of rotatable bonds is 4. The molecule has 1 N–H and O–H groups in total. The van der Waals surface area contributed by atoms with E-state index in [2.05, 4.69) is 12.2 Å². The first-order valence-corrected chi connectivity index (χ1v) is 5.79. The summed E-state index contributed by atoms with van der Waals surface area (Å²) in [7, 11) is 0. The number of hydrogen-bond donors (Lipinski definition) is 1. The van der Waals surface area contributed by atoms with Gasteiger partial charge in [-0.15, -0.1) is 0 Å². The van der Waals surface area contributed by atoms with E-state index in [1.165, 1.54) is 25.7 Å². The molecule has 0 aromatic heterocycles. The lowest BCUT2D eigenvalue weighted by atomic mass is 10.00. The van der Waals surface area contributed by atoms with E-state index in [1.807, 2.05) is 4.90 Å². The Labute approximate surface area is 85.8 Å². The van der Waals surface area contributed by atoms with Gasteiger partial charge in [0.05, 0.1) is 0 Å². The molecule has 1 heterocycles. The van der Waals surface area contributed by atoms with Crippen LogP contribution in [0.25, 0.3) is 0 Å². The van der Waals surface area contributed by atoms with Crippen molar-refractivity contribution in [1.29, 1.82) is 0 Å². The van der Waals surface area contributed by atoms with E-state index in [0.717, 1.165) is 26.1 Å². The molecule has 3 nitrogen and oxygen atoms in total. The van der Waals surface area contributed by atoms with E-state index < -0.39 is 0 Å². The highest BCUT2D eigenvalue weighted by atomic mass is 16.2. The van der Waals surface area contributed by atoms with Crippen molar-refractivity contribution in [3.63, 3.8) is 0 Å². The number of hydrogen-bond acceptors (Lipinski definition) is 1. The molecule has 1 aliphatic carbocycles. The minimum Gasteiger partial charge on any atom is -0.338 e. The Balaban J connectivity index is 1.86. The van der Waals surface area contributed by atoms with E-state index >= 15 is 0 Å². The van der Waals surface area contributed by atoms with Crippen LogP contribution >= 0.6 is 0 Å². The Bertz CT molecular complexity index is 223. The summed E-state index contributed by atoms with van der Waals surface area (Å²) >= 11 is 0. The molecule has 2 amide bonds. The lowest BCUT2D eigenvalue weighted by molar-refractivity contribution is 0.169. The van der Waals surface area contributed by atoms with Crippen molar-refractivity contribution in [2.24, 2.45) is 5.41 Å². The van der Waals surface area contributed by atoms with Gasteiger partial charge in [0.2, 0.25) is 0 Å². The van der Waals surface area contributed by atoms with Crippen molar-refractivity contribution >= 4 is 6.03 Å². The molecule has 0 atom stereocenters. The molecule has 0 aromatic rings. The van der Waals surface area contributed by atoms with Crippen molar-refractivity contribution in [2.75, 3.05) is 19.6 Å². The summed E-state index contributed by atoms with van der Waals surface area (Å²) in [5.41, 5.74) is 0.503. The molecule has 0 radical (unpaired) electrons. The minimum atomic E-state index is 0.152. The molecule has 0 aromatic carbocycles. The second kappa shape index (κ2) is 3.79. The van der Waals surface area contributed by atoms with E-state index in [-0.39, 0.29) is 6.03 Å². The van der Waals surface area contributed by atoms with Crippen LogP contribution in [0.15, 0.2) is 0 Å². The highest BCUT2D eigenvalue weighted by Crippen LogP contribution is 2.50. The Hall–Kier alpha value is -0.730. The van der Waals surface area contributed by atoms with Crippen LogP contribution in [-0.4, -0.2) is 30.6 Å². The van der Waals surface area contributed by atoms with Gasteiger partial charge in [-0.25, -0.2) is 4.79 Å². The van der Waals surface area contributed by atoms with Crippen LogP contribution in [0.1, 0.15) is 39.0 Å². The smallest absolute Gasteiger partial charge is 0.317 e. The summed E-state index contributed by atoms with van der Waals surface area (Å²) in [5, 5.41) is 2.91. The highest BCUT2D eigenvalue weighted by Gasteiger charge is 2.43. The first-order chi connectivity index (χ1) is 6.76. The summed E-state index contributed by atoms with van der Waals surface area (Å²) in [5.74, 6) is 0. The van der Waals surface area contributed by atoms with Crippen LogP contribution in [0.3, 0.4) is 0 Å². The highest BCUT2D eigenvalue weighted by molar-refractivity contribution is 5.74. The fourth-order valence-corrected chi connectivity index (χ4v) is 2.43. The van der Waals surface area contributed by atoms with Crippen molar-refractivity contribution in [3.8, 4) is 0 Å². The van der Waals surface area contributed by atoms with Crippen LogP contribution in [0, 0.1) is 5.41 Å². The summed E-state index contributed by atoms with van der Waals surface area (Å²) < 4.78 is 0. The number of nitrogens with zero attached hydrogens (tertiary/aromatic N) is 1. The summed E-state index contributed by atoms with van der Waals surface area (Å²) in [6.07, 6.45) is 6.29. The average Bonchev–Trinajstić information content (AvgIpc) is 2.90. The molecular weight excluding hydrogens is 176 g/mol. The Morgan fingerprint density at radius 3 is 2.86 bits per heavy atom. The second-order valence-electron chi connectivity index (χ2n) is 4.76. The van der Waals surface area contributed by atoms with Crippen LogP contribution in [0.2, 0.25) is 0 Å². The minimum absolute atomic E-state index is 0.152. The van der Waals surface area contributed by atoms with E-state index in [4.69, 9.17) is 0 Å². The Morgan fingerprint density at radius 1 is 1.50 bits per heavy atom. The van der Waals surface area contributed by atoms with Gasteiger partial charge in [-0.3, -0.25) is 0 Å². The molecule has 14 heavy (non-hydrogen) atoms. The molecule has 0 spiro atoms. The van der Waals surface area contributed by atoms with Crippen LogP contribution in [0.4, 0.5) is 4.79 Å². The molecule has 80 valence electrons. The van der Waals surface area contributed by atoms with Crippen molar-refractivity contribution in [3.05, 3.63) is 0 Å². The molecule has 0 bridgehead atoms. The predicted molar refractivity (Wildman–Crippen MR) is 56.2 cm³/mol. The number of urea groups is 1. The standard InChI is InChI=1S/C11H20N2O/c1-2-4-11(5-6-11)9-13-8-3-7-12-10(13)14/h2-9H2,1H3,(H,12,14). The van der Waals surface area contributed by atoms with Gasteiger partial charge >= 0.3 is 6.03 Å². The molecule has 3 heteroatoms. The van der Waals surface area contributed by atoms with Crippen molar-refractivity contribution < 1.29 is 4.79 Å². The van der Waals surface area contributed by atoms with Crippen molar-refractivity contribution in [1.82, 2.24) is 10.2 Å². The quantitative estimate of drug-likeness (QED) is 0.732. The first-order valence-electron chi connectivity index (χ1n) is 5.79. The Kier molecular flexibility index (Phi) is 2.66. The summed E-state index contributed by atoms with van der Waals surface area (Å²) in [4.78, 5) is 13.5. The zero-order valence-corrected chi connectivity index (χ0v) is 9.01. The molecule has 2 aliphatic rings. The molecule has 1 aliphatic heterocycles. The van der Waals surface area contributed by atoms with Gasteiger partial charge in [-0.2, -0.15) is 0 Å². The van der Waals surface area contributed by atoms with Gasteiger partial charge in [0.15, 0.2) is 0 Å². The molecule has 1 saturated carbocycles. The number of carbonyl (C=O) groups excluding carboxylic acids is 1. The second-order valence-corrected chi connectivity index (χ2v) is 4.76. The van der Waals surface area contributed by atoms with E-state index in [0.29, 0.717) is 5.41 Å². The van der Waals surface area contributed by atoms with Gasteiger partial charge in [0.25, 0.3) is 0 Å². The number of amides is 2. The monoisotopic (exact) mass is 196 g/mol. The maximum absolute atomic E-state index is 11.5. The molecule has 0 unspecified atom stereocenters.